The molecule has 0 aromatic heterocycles. The van der Waals surface area contributed by atoms with E-state index >= 15 is 0 Å². The molecular formula is C20H26BF3O3. The first-order chi connectivity index (χ1) is 12.8. The van der Waals surface area contributed by atoms with E-state index in [0.717, 1.165) is 25.7 Å². The van der Waals surface area contributed by atoms with E-state index in [-0.39, 0.29) is 22.7 Å². The maximum Gasteiger partial charge on any atom is 0.488 e. The summed E-state index contributed by atoms with van der Waals surface area (Å²) >= 11 is 0. The molecule has 0 heterocycles. The second-order valence-corrected chi connectivity index (χ2v) is 6.79. The van der Waals surface area contributed by atoms with Crippen LogP contribution in [-0.4, -0.2) is 23.3 Å². The summed E-state index contributed by atoms with van der Waals surface area (Å²) in [6, 6.07) is 6.76. The second kappa shape index (κ2) is 8.98. The van der Waals surface area contributed by atoms with Crippen molar-refractivity contribution in [2.75, 3.05) is 0 Å². The highest BCUT2D eigenvalue weighted by Crippen LogP contribution is 2.42. The summed E-state index contributed by atoms with van der Waals surface area (Å²) in [4.78, 5) is 0. The van der Waals surface area contributed by atoms with Crippen LogP contribution in [0.3, 0.4) is 0 Å². The zero-order valence-corrected chi connectivity index (χ0v) is 15.9. The molecule has 0 radical (unpaired) electrons. The molecule has 1 aliphatic carbocycles. The molecule has 0 bridgehead atoms. The molecule has 0 aliphatic heterocycles. The van der Waals surface area contributed by atoms with Gasteiger partial charge in [0.2, 0.25) is 0 Å². The molecule has 0 atom stereocenters. The van der Waals surface area contributed by atoms with Gasteiger partial charge in [-0.25, -0.2) is 0 Å². The lowest BCUT2D eigenvalue weighted by Gasteiger charge is -2.28. The maximum absolute atomic E-state index is 13.7. The number of hydrogen-bond acceptors (Lipinski definition) is 3. The zero-order chi connectivity index (χ0) is 20.2. The monoisotopic (exact) mass is 382 g/mol. The highest BCUT2D eigenvalue weighted by atomic mass is 19.4. The molecule has 1 aliphatic rings. The van der Waals surface area contributed by atoms with Crippen LogP contribution in [0.1, 0.15) is 52.0 Å². The van der Waals surface area contributed by atoms with Crippen molar-refractivity contribution < 1.29 is 28.0 Å². The number of rotatable bonds is 3. The van der Waals surface area contributed by atoms with E-state index in [0.29, 0.717) is 11.3 Å². The average Bonchev–Trinajstić information content (AvgIpc) is 2.63. The topological polar surface area (TPSA) is 49.7 Å². The summed E-state index contributed by atoms with van der Waals surface area (Å²) in [7, 11) is -1.72. The summed E-state index contributed by atoms with van der Waals surface area (Å²) < 4.78 is 46.8. The normalized spacial score (nSPS) is 20.0. The van der Waals surface area contributed by atoms with Gasteiger partial charge in [-0.3, -0.25) is 0 Å². The van der Waals surface area contributed by atoms with E-state index in [2.05, 4.69) is 6.92 Å². The van der Waals surface area contributed by atoms with E-state index in [1.165, 1.54) is 30.3 Å². The van der Waals surface area contributed by atoms with Crippen LogP contribution < -0.4 is 10.2 Å². The molecule has 27 heavy (non-hydrogen) atoms. The Labute approximate surface area is 158 Å². The van der Waals surface area contributed by atoms with Gasteiger partial charge in [0.25, 0.3) is 0 Å². The molecule has 2 N–H and O–H groups in total. The quantitative estimate of drug-likeness (QED) is 0.768. The first-order valence-corrected chi connectivity index (χ1v) is 9.42. The van der Waals surface area contributed by atoms with Crippen molar-refractivity contribution in [3.8, 4) is 5.75 Å². The summed E-state index contributed by atoms with van der Waals surface area (Å²) in [6.45, 7) is 6.14. The van der Waals surface area contributed by atoms with Crippen LogP contribution in [0, 0.1) is 5.92 Å². The average molecular weight is 382 g/mol. The Hall–Kier alpha value is -1.73. The lowest BCUT2D eigenvalue weighted by molar-refractivity contribution is -0.138. The number of hydrogen-bond donors (Lipinski definition) is 2. The van der Waals surface area contributed by atoms with Crippen molar-refractivity contribution in [2.45, 2.75) is 58.7 Å². The summed E-state index contributed by atoms with van der Waals surface area (Å²) in [6.07, 6.45) is -1.34. The van der Waals surface area contributed by atoms with E-state index in [1.54, 1.807) is 0 Å². The summed E-state index contributed by atoms with van der Waals surface area (Å²) in [5.41, 5.74) is -0.654. The Morgan fingerprint density at radius 2 is 1.63 bits per heavy atom. The molecule has 3 rings (SSSR count). The molecule has 3 nitrogen and oxygen atoms in total. The number of alkyl halides is 3. The fourth-order valence-corrected chi connectivity index (χ4v) is 3.41. The second-order valence-electron chi connectivity index (χ2n) is 6.79. The molecule has 148 valence electrons. The van der Waals surface area contributed by atoms with E-state index in [9.17, 15) is 23.2 Å². The van der Waals surface area contributed by atoms with Gasteiger partial charge in [-0.15, -0.1) is 0 Å². The van der Waals surface area contributed by atoms with Crippen molar-refractivity contribution in [3.05, 3.63) is 35.9 Å². The summed E-state index contributed by atoms with van der Waals surface area (Å²) in [5, 5.41) is 18.7. The lowest BCUT2D eigenvalue weighted by Crippen LogP contribution is -2.29. The molecular weight excluding hydrogens is 356 g/mol. The third kappa shape index (κ3) is 5.17. The van der Waals surface area contributed by atoms with Crippen molar-refractivity contribution in [1.29, 1.82) is 0 Å². The van der Waals surface area contributed by atoms with E-state index in [4.69, 9.17) is 4.74 Å². The molecule has 0 spiro atoms. The van der Waals surface area contributed by atoms with Crippen LogP contribution in [0.4, 0.5) is 13.2 Å². The molecule has 0 saturated heterocycles. The Kier molecular flexibility index (Phi) is 7.17. The van der Waals surface area contributed by atoms with E-state index in [1.807, 2.05) is 13.8 Å². The van der Waals surface area contributed by atoms with Crippen molar-refractivity contribution in [1.82, 2.24) is 0 Å². The zero-order valence-electron chi connectivity index (χ0n) is 15.9. The third-order valence-corrected chi connectivity index (χ3v) is 4.84. The molecule has 0 amide bonds. The largest absolute Gasteiger partial charge is 0.490 e. The van der Waals surface area contributed by atoms with Crippen molar-refractivity contribution in [2.24, 2.45) is 5.92 Å². The number of fused-ring (bicyclic) bond motifs is 1. The molecule has 1 saturated carbocycles. The minimum atomic E-state index is -4.56. The molecule has 2 aromatic rings. The first-order valence-electron chi connectivity index (χ1n) is 9.42. The van der Waals surface area contributed by atoms with Crippen LogP contribution >= 0.6 is 0 Å². The van der Waals surface area contributed by atoms with Gasteiger partial charge in [0, 0.05) is 0 Å². The van der Waals surface area contributed by atoms with E-state index < -0.39 is 18.9 Å². The van der Waals surface area contributed by atoms with Gasteiger partial charge < -0.3 is 14.8 Å². The molecule has 2 aromatic carbocycles. The van der Waals surface area contributed by atoms with Gasteiger partial charge in [0.1, 0.15) is 11.3 Å². The van der Waals surface area contributed by atoms with Crippen LogP contribution in [0.25, 0.3) is 10.8 Å². The van der Waals surface area contributed by atoms with Gasteiger partial charge in [0.05, 0.1) is 6.10 Å². The Bertz CT molecular complexity index is 754. The Balaban J connectivity index is 0.00000126. The number of ether oxygens (including phenoxy) is 1. The maximum atomic E-state index is 13.7. The molecule has 0 unspecified atom stereocenters. The minimum absolute atomic E-state index is 0.00132. The fraction of sp³-hybridized carbons (Fsp3) is 0.500. The van der Waals surface area contributed by atoms with Gasteiger partial charge in [-0.05, 0) is 53.9 Å². The summed E-state index contributed by atoms with van der Waals surface area (Å²) in [5.74, 6) is 0.429. The SMILES string of the molecule is CC.CC1CCC(Oc2ccc3cc(B(O)O)ccc3c2C(F)(F)F)CC1. The Morgan fingerprint density at radius 1 is 1.00 bits per heavy atom. The first kappa shape index (κ1) is 21.6. The van der Waals surface area contributed by atoms with Gasteiger partial charge >= 0.3 is 13.3 Å². The fourth-order valence-electron chi connectivity index (χ4n) is 3.41. The highest BCUT2D eigenvalue weighted by Gasteiger charge is 2.37. The van der Waals surface area contributed by atoms with Crippen LogP contribution in [0.5, 0.6) is 5.75 Å². The van der Waals surface area contributed by atoms with Crippen LogP contribution in [0.2, 0.25) is 0 Å². The van der Waals surface area contributed by atoms with Crippen LogP contribution in [0.15, 0.2) is 30.3 Å². The molecule has 7 heteroatoms. The predicted molar refractivity (Wildman–Crippen MR) is 102 cm³/mol. The molecule has 1 fully saturated rings. The predicted octanol–water partition coefficient (Wildman–Crippen LogP) is 4.52. The lowest BCUT2D eigenvalue weighted by atomic mass is 9.79. The number of benzene rings is 2. The third-order valence-electron chi connectivity index (χ3n) is 4.84. The Morgan fingerprint density at radius 3 is 2.19 bits per heavy atom. The van der Waals surface area contributed by atoms with Gasteiger partial charge in [-0.2, -0.15) is 13.2 Å². The highest BCUT2D eigenvalue weighted by molar-refractivity contribution is 6.58. The minimum Gasteiger partial charge on any atom is -0.490 e. The van der Waals surface area contributed by atoms with Crippen LogP contribution in [-0.2, 0) is 6.18 Å². The van der Waals surface area contributed by atoms with Crippen molar-refractivity contribution in [3.63, 3.8) is 0 Å². The van der Waals surface area contributed by atoms with Crippen molar-refractivity contribution >= 4 is 23.4 Å². The number of halogens is 3. The smallest absolute Gasteiger partial charge is 0.488 e. The van der Waals surface area contributed by atoms with Gasteiger partial charge in [0.15, 0.2) is 0 Å². The van der Waals surface area contributed by atoms with Gasteiger partial charge in [-0.1, -0.05) is 45.0 Å². The standard InChI is InChI=1S/C18H20BF3O3.C2H6/c1-11-2-6-14(7-3-11)25-16-9-4-12-10-13(19(23)24)5-8-15(12)17(16)18(20,21)22;1-2/h4-5,8-11,14,23-24H,2-3,6-7H2,1H3;1-2H3.